The van der Waals surface area contributed by atoms with E-state index < -0.39 is 16.7 Å². The third-order valence-corrected chi connectivity index (χ3v) is 1.87. The summed E-state index contributed by atoms with van der Waals surface area (Å²) in [6.45, 7) is 0.439. The monoisotopic (exact) mass is 215 g/mol. The first-order valence-electron chi connectivity index (χ1n) is 3.93. The average Bonchev–Trinajstić information content (AvgIpc) is 2.18. The first-order chi connectivity index (χ1) is 6.66. The van der Waals surface area contributed by atoms with Crippen molar-refractivity contribution in [3.05, 3.63) is 34.4 Å². The van der Waals surface area contributed by atoms with Crippen LogP contribution in [0.5, 0.6) is 0 Å². The molecule has 0 spiro atoms. The molecule has 0 saturated carbocycles. The van der Waals surface area contributed by atoms with Gasteiger partial charge in [-0.25, -0.2) is 8.78 Å². The Labute approximate surface area is 86.1 Å². The van der Waals surface area contributed by atoms with Gasteiger partial charge in [-0.2, -0.15) is 0 Å². The summed E-state index contributed by atoms with van der Waals surface area (Å²) < 4.78 is 25.9. The molecule has 1 aromatic rings. The maximum Gasteiger partial charge on any atom is 0.160 e. The fraction of sp³-hybridized carbons (Fsp3) is 0.200. The van der Waals surface area contributed by atoms with Crippen LogP contribution in [-0.4, -0.2) is 13.6 Å². The van der Waals surface area contributed by atoms with Crippen LogP contribution < -0.4 is 5.32 Å². The van der Waals surface area contributed by atoms with Gasteiger partial charge >= 0.3 is 0 Å². The highest BCUT2D eigenvalue weighted by Crippen LogP contribution is 2.20. The van der Waals surface area contributed by atoms with Crippen molar-refractivity contribution in [3.8, 4) is 11.8 Å². The minimum absolute atomic E-state index is 0.103. The van der Waals surface area contributed by atoms with Crippen LogP contribution in [-0.2, 0) is 0 Å². The van der Waals surface area contributed by atoms with Crippen LogP contribution in [0.4, 0.5) is 8.78 Å². The van der Waals surface area contributed by atoms with Gasteiger partial charge in [0.25, 0.3) is 0 Å². The van der Waals surface area contributed by atoms with E-state index in [-0.39, 0.29) is 5.56 Å². The van der Waals surface area contributed by atoms with Crippen LogP contribution in [0, 0.1) is 23.5 Å². The second kappa shape index (κ2) is 4.94. The Morgan fingerprint density at radius 1 is 1.43 bits per heavy atom. The lowest BCUT2D eigenvalue weighted by Crippen LogP contribution is -2.04. The molecular weight excluding hydrogens is 208 g/mol. The zero-order valence-corrected chi connectivity index (χ0v) is 8.25. The van der Waals surface area contributed by atoms with E-state index in [4.69, 9.17) is 11.6 Å². The number of halogens is 3. The molecule has 0 atom stereocenters. The molecule has 1 aromatic carbocycles. The zero-order chi connectivity index (χ0) is 10.6. The summed E-state index contributed by atoms with van der Waals surface area (Å²) in [6.07, 6.45) is 0. The van der Waals surface area contributed by atoms with Crippen molar-refractivity contribution in [2.24, 2.45) is 0 Å². The average molecular weight is 216 g/mol. The largest absolute Gasteiger partial charge is 0.309 e. The highest BCUT2D eigenvalue weighted by Gasteiger charge is 2.09. The van der Waals surface area contributed by atoms with Crippen LogP contribution in [0.3, 0.4) is 0 Å². The standard InChI is InChI=1S/C10H8ClF2N/c1-14-6-2-3-7-4-5-8(12)9(11)10(7)13/h4-5,14H,6H2,1H3. The lowest BCUT2D eigenvalue weighted by molar-refractivity contribution is 0.582. The molecule has 0 saturated heterocycles. The SMILES string of the molecule is CNCC#Cc1ccc(F)c(Cl)c1F. The summed E-state index contributed by atoms with van der Waals surface area (Å²) >= 11 is 5.36. The first-order valence-corrected chi connectivity index (χ1v) is 4.31. The van der Waals surface area contributed by atoms with Crippen LogP contribution in [0.15, 0.2) is 12.1 Å². The van der Waals surface area contributed by atoms with E-state index in [1.807, 2.05) is 0 Å². The van der Waals surface area contributed by atoms with Crippen molar-refractivity contribution < 1.29 is 8.78 Å². The Kier molecular flexibility index (Phi) is 3.87. The van der Waals surface area contributed by atoms with Crippen molar-refractivity contribution in [2.75, 3.05) is 13.6 Å². The summed E-state index contributed by atoms with van der Waals surface area (Å²) in [7, 11) is 1.72. The molecule has 0 fully saturated rings. The molecule has 1 rings (SSSR count). The molecule has 0 heterocycles. The van der Waals surface area contributed by atoms with Gasteiger partial charge in [0.05, 0.1) is 12.1 Å². The van der Waals surface area contributed by atoms with Crippen LogP contribution in [0.1, 0.15) is 5.56 Å². The summed E-state index contributed by atoms with van der Waals surface area (Å²) in [5.41, 5.74) is 0.103. The summed E-state index contributed by atoms with van der Waals surface area (Å²) in [4.78, 5) is 0. The number of hydrogen-bond acceptors (Lipinski definition) is 1. The fourth-order valence-electron chi connectivity index (χ4n) is 0.850. The van der Waals surface area contributed by atoms with E-state index in [1.54, 1.807) is 7.05 Å². The van der Waals surface area contributed by atoms with Gasteiger partial charge in [0, 0.05) is 0 Å². The Balaban J connectivity index is 3.02. The summed E-state index contributed by atoms with van der Waals surface area (Å²) in [6, 6.07) is 2.36. The van der Waals surface area contributed by atoms with E-state index in [2.05, 4.69) is 17.2 Å². The molecule has 74 valence electrons. The highest BCUT2D eigenvalue weighted by molar-refractivity contribution is 6.31. The molecule has 0 aliphatic rings. The molecule has 0 radical (unpaired) electrons. The number of benzene rings is 1. The van der Waals surface area contributed by atoms with Crippen LogP contribution >= 0.6 is 11.6 Å². The number of nitrogens with one attached hydrogen (secondary N) is 1. The van der Waals surface area contributed by atoms with E-state index >= 15 is 0 Å². The minimum Gasteiger partial charge on any atom is -0.309 e. The van der Waals surface area contributed by atoms with E-state index in [9.17, 15) is 8.78 Å². The molecule has 0 aliphatic heterocycles. The van der Waals surface area contributed by atoms with Crippen molar-refractivity contribution in [1.82, 2.24) is 5.32 Å². The second-order valence-corrected chi connectivity index (χ2v) is 2.93. The van der Waals surface area contributed by atoms with Gasteiger partial charge < -0.3 is 5.32 Å². The molecule has 1 N–H and O–H groups in total. The smallest absolute Gasteiger partial charge is 0.160 e. The van der Waals surface area contributed by atoms with Crippen molar-refractivity contribution in [3.63, 3.8) is 0 Å². The normalized spacial score (nSPS) is 9.43. The summed E-state index contributed by atoms with van der Waals surface area (Å²) in [5, 5.41) is 2.27. The summed E-state index contributed by atoms with van der Waals surface area (Å²) in [5.74, 6) is 3.62. The third kappa shape index (κ3) is 2.44. The maximum atomic E-state index is 13.2. The molecule has 0 aliphatic carbocycles. The van der Waals surface area contributed by atoms with Gasteiger partial charge in [0.2, 0.25) is 0 Å². The molecule has 4 heteroatoms. The van der Waals surface area contributed by atoms with Crippen molar-refractivity contribution >= 4 is 11.6 Å². The van der Waals surface area contributed by atoms with Crippen molar-refractivity contribution in [2.45, 2.75) is 0 Å². The van der Waals surface area contributed by atoms with E-state index in [0.29, 0.717) is 6.54 Å². The molecule has 0 unspecified atom stereocenters. The Morgan fingerprint density at radius 3 is 2.79 bits per heavy atom. The number of hydrogen-bond donors (Lipinski definition) is 1. The van der Waals surface area contributed by atoms with Crippen molar-refractivity contribution in [1.29, 1.82) is 0 Å². The Morgan fingerprint density at radius 2 is 2.14 bits per heavy atom. The molecule has 0 aromatic heterocycles. The molecular formula is C10H8ClF2N. The van der Waals surface area contributed by atoms with Gasteiger partial charge in [0.15, 0.2) is 5.82 Å². The Hall–Kier alpha value is -1.11. The lowest BCUT2D eigenvalue weighted by Gasteiger charge is -1.98. The van der Waals surface area contributed by atoms with Gasteiger partial charge in [-0.05, 0) is 19.2 Å². The fourth-order valence-corrected chi connectivity index (χ4v) is 1.02. The van der Waals surface area contributed by atoms with Gasteiger partial charge in [0.1, 0.15) is 10.8 Å². The van der Waals surface area contributed by atoms with E-state index in [1.165, 1.54) is 6.07 Å². The van der Waals surface area contributed by atoms with Gasteiger partial charge in [-0.3, -0.25) is 0 Å². The molecule has 0 bridgehead atoms. The molecule has 0 amide bonds. The number of rotatable bonds is 1. The molecule has 14 heavy (non-hydrogen) atoms. The lowest BCUT2D eigenvalue weighted by atomic mass is 10.2. The Bertz CT molecular complexity index is 393. The third-order valence-electron chi connectivity index (χ3n) is 1.52. The minimum atomic E-state index is -0.810. The second-order valence-electron chi connectivity index (χ2n) is 2.56. The van der Waals surface area contributed by atoms with Gasteiger partial charge in [-0.15, -0.1) is 0 Å². The highest BCUT2D eigenvalue weighted by atomic mass is 35.5. The topological polar surface area (TPSA) is 12.0 Å². The van der Waals surface area contributed by atoms with E-state index in [0.717, 1.165) is 6.07 Å². The quantitative estimate of drug-likeness (QED) is 0.559. The molecule has 1 nitrogen and oxygen atoms in total. The zero-order valence-electron chi connectivity index (χ0n) is 7.50. The predicted octanol–water partition coefficient (Wildman–Crippen LogP) is 2.19. The van der Waals surface area contributed by atoms with Crippen LogP contribution in [0.2, 0.25) is 5.02 Å². The van der Waals surface area contributed by atoms with Gasteiger partial charge in [-0.1, -0.05) is 23.4 Å². The first kappa shape index (κ1) is 11.0. The maximum absolute atomic E-state index is 13.2. The predicted molar refractivity (Wildman–Crippen MR) is 52.2 cm³/mol. The van der Waals surface area contributed by atoms with Crippen LogP contribution in [0.25, 0.3) is 0 Å².